The molecule has 0 unspecified atom stereocenters. The Morgan fingerprint density at radius 2 is 2.16 bits per heavy atom. The molecule has 0 amide bonds. The lowest BCUT2D eigenvalue weighted by Crippen LogP contribution is -2.14. The lowest BCUT2D eigenvalue weighted by molar-refractivity contribution is 0.766. The lowest BCUT2D eigenvalue weighted by atomic mass is 10.2. The van der Waals surface area contributed by atoms with Crippen molar-refractivity contribution < 1.29 is 0 Å². The quantitative estimate of drug-likeness (QED) is 0.882. The predicted molar refractivity (Wildman–Crippen MR) is 75.2 cm³/mol. The highest BCUT2D eigenvalue weighted by atomic mass is 16.1. The number of aryl methyl sites for hydroxylation is 1. The third-order valence-corrected chi connectivity index (χ3v) is 2.75. The molecule has 2 rings (SSSR count). The molecule has 0 saturated heterocycles. The molecule has 2 aromatic heterocycles. The van der Waals surface area contributed by atoms with Crippen molar-refractivity contribution in [1.82, 2.24) is 15.0 Å². The van der Waals surface area contributed by atoms with E-state index in [9.17, 15) is 4.79 Å². The summed E-state index contributed by atoms with van der Waals surface area (Å²) in [4.78, 5) is 22.9. The fourth-order valence-electron chi connectivity index (χ4n) is 1.64. The van der Waals surface area contributed by atoms with Gasteiger partial charge in [0.1, 0.15) is 11.6 Å². The van der Waals surface area contributed by atoms with E-state index in [1.165, 1.54) is 6.07 Å². The van der Waals surface area contributed by atoms with Gasteiger partial charge in [0.05, 0.1) is 0 Å². The Balaban J connectivity index is 2.11. The zero-order valence-electron chi connectivity index (χ0n) is 11.4. The molecule has 100 valence electrons. The number of aromatic amines is 1. The third kappa shape index (κ3) is 3.64. The average Bonchev–Trinajstić information content (AvgIpc) is 2.37. The van der Waals surface area contributed by atoms with Crippen molar-refractivity contribution in [2.24, 2.45) is 0 Å². The molecule has 19 heavy (non-hydrogen) atoms. The minimum Gasteiger partial charge on any atom is -0.366 e. The van der Waals surface area contributed by atoms with Crippen LogP contribution in [0.4, 0.5) is 5.82 Å². The van der Waals surface area contributed by atoms with Gasteiger partial charge in [-0.15, -0.1) is 0 Å². The number of rotatable bonds is 4. The normalized spacial score (nSPS) is 10.7. The number of hydrogen-bond donors (Lipinski definition) is 2. The van der Waals surface area contributed by atoms with Crippen molar-refractivity contribution >= 4 is 5.82 Å². The molecule has 0 aliphatic heterocycles. The Hall–Kier alpha value is -2.17. The molecular weight excluding hydrogens is 240 g/mol. The standard InChI is InChI=1S/C14H18N4O/c1-9(2)14-17-12(6-13(19)18-14)16-8-11-5-4-10(3)15-7-11/h4-7,9H,8H2,1-3H3,(H2,16,17,18,19). The maximum atomic E-state index is 11.5. The van der Waals surface area contributed by atoms with Crippen LogP contribution in [0.5, 0.6) is 0 Å². The predicted octanol–water partition coefficient (Wildman–Crippen LogP) is 2.21. The summed E-state index contributed by atoms with van der Waals surface area (Å²) in [7, 11) is 0. The Bertz CT molecular complexity index is 602. The highest BCUT2D eigenvalue weighted by molar-refractivity contribution is 5.34. The number of aromatic nitrogens is 3. The van der Waals surface area contributed by atoms with Gasteiger partial charge in [-0.2, -0.15) is 0 Å². The zero-order chi connectivity index (χ0) is 13.8. The lowest BCUT2D eigenvalue weighted by Gasteiger charge is -2.09. The molecule has 2 aromatic rings. The molecule has 5 heteroatoms. The van der Waals surface area contributed by atoms with Crippen LogP contribution >= 0.6 is 0 Å². The third-order valence-electron chi connectivity index (χ3n) is 2.75. The van der Waals surface area contributed by atoms with E-state index in [2.05, 4.69) is 20.3 Å². The van der Waals surface area contributed by atoms with Gasteiger partial charge in [0.25, 0.3) is 5.56 Å². The molecule has 0 fully saturated rings. The second-order valence-electron chi connectivity index (χ2n) is 4.83. The summed E-state index contributed by atoms with van der Waals surface area (Å²) in [6.07, 6.45) is 1.82. The molecule has 2 N–H and O–H groups in total. The summed E-state index contributed by atoms with van der Waals surface area (Å²) >= 11 is 0. The van der Waals surface area contributed by atoms with Gasteiger partial charge in [-0.25, -0.2) is 4.98 Å². The van der Waals surface area contributed by atoms with Crippen molar-refractivity contribution in [2.45, 2.75) is 33.2 Å². The first kappa shape index (κ1) is 13.3. The Kier molecular flexibility index (Phi) is 3.94. The number of nitrogens with zero attached hydrogens (tertiary/aromatic N) is 2. The molecule has 0 spiro atoms. The summed E-state index contributed by atoms with van der Waals surface area (Å²) < 4.78 is 0. The highest BCUT2D eigenvalue weighted by Crippen LogP contribution is 2.10. The van der Waals surface area contributed by atoms with E-state index in [1.54, 1.807) is 0 Å². The Labute approximate surface area is 112 Å². The summed E-state index contributed by atoms with van der Waals surface area (Å²) in [5.41, 5.74) is 1.90. The second kappa shape index (κ2) is 5.65. The van der Waals surface area contributed by atoms with Crippen LogP contribution in [0.2, 0.25) is 0 Å². The fourth-order valence-corrected chi connectivity index (χ4v) is 1.64. The molecule has 0 aromatic carbocycles. The zero-order valence-corrected chi connectivity index (χ0v) is 11.4. The molecule has 2 heterocycles. The minimum absolute atomic E-state index is 0.136. The SMILES string of the molecule is Cc1ccc(CNc2cc(=O)[nH]c(C(C)C)n2)cn1. The van der Waals surface area contributed by atoms with Gasteiger partial charge in [0, 0.05) is 30.4 Å². The van der Waals surface area contributed by atoms with E-state index in [1.807, 2.05) is 39.1 Å². The fraction of sp³-hybridized carbons (Fsp3) is 0.357. The number of anilines is 1. The first-order valence-corrected chi connectivity index (χ1v) is 6.31. The van der Waals surface area contributed by atoms with E-state index in [4.69, 9.17) is 0 Å². The maximum absolute atomic E-state index is 11.5. The van der Waals surface area contributed by atoms with Gasteiger partial charge in [0.2, 0.25) is 0 Å². The van der Waals surface area contributed by atoms with Crippen LogP contribution in [0.1, 0.15) is 36.8 Å². The van der Waals surface area contributed by atoms with Gasteiger partial charge in [-0.3, -0.25) is 9.78 Å². The van der Waals surface area contributed by atoms with Crippen LogP contribution in [0.3, 0.4) is 0 Å². The largest absolute Gasteiger partial charge is 0.366 e. The van der Waals surface area contributed by atoms with Crippen molar-refractivity contribution in [2.75, 3.05) is 5.32 Å². The molecule has 0 aliphatic rings. The smallest absolute Gasteiger partial charge is 0.252 e. The van der Waals surface area contributed by atoms with Gasteiger partial charge in [0.15, 0.2) is 0 Å². The van der Waals surface area contributed by atoms with Gasteiger partial charge in [-0.05, 0) is 18.6 Å². The highest BCUT2D eigenvalue weighted by Gasteiger charge is 2.05. The second-order valence-corrected chi connectivity index (χ2v) is 4.83. The molecule has 0 aliphatic carbocycles. The van der Waals surface area contributed by atoms with Crippen LogP contribution in [-0.2, 0) is 6.54 Å². The van der Waals surface area contributed by atoms with E-state index >= 15 is 0 Å². The van der Waals surface area contributed by atoms with Crippen molar-refractivity contribution in [1.29, 1.82) is 0 Å². The van der Waals surface area contributed by atoms with Crippen molar-refractivity contribution in [3.05, 3.63) is 51.8 Å². The van der Waals surface area contributed by atoms with Crippen LogP contribution in [0.15, 0.2) is 29.2 Å². The first-order valence-electron chi connectivity index (χ1n) is 6.31. The summed E-state index contributed by atoms with van der Waals surface area (Å²) in [6.45, 7) is 6.53. The number of pyridine rings is 1. The van der Waals surface area contributed by atoms with E-state index in [0.29, 0.717) is 18.2 Å². The average molecular weight is 258 g/mol. The van der Waals surface area contributed by atoms with Gasteiger partial charge < -0.3 is 10.3 Å². The molecule has 0 radical (unpaired) electrons. The van der Waals surface area contributed by atoms with Crippen LogP contribution in [-0.4, -0.2) is 15.0 Å². The number of H-pyrrole nitrogens is 1. The first-order chi connectivity index (χ1) is 9.04. The Morgan fingerprint density at radius 3 is 2.79 bits per heavy atom. The van der Waals surface area contributed by atoms with E-state index in [0.717, 1.165) is 11.3 Å². The number of nitrogens with one attached hydrogen (secondary N) is 2. The van der Waals surface area contributed by atoms with Gasteiger partial charge in [-0.1, -0.05) is 19.9 Å². The molecule has 0 atom stereocenters. The summed E-state index contributed by atoms with van der Waals surface area (Å²) in [6, 6.07) is 5.43. The maximum Gasteiger partial charge on any atom is 0.252 e. The molecule has 0 saturated carbocycles. The van der Waals surface area contributed by atoms with Crippen LogP contribution < -0.4 is 10.9 Å². The monoisotopic (exact) mass is 258 g/mol. The molecule has 0 bridgehead atoms. The topological polar surface area (TPSA) is 70.7 Å². The minimum atomic E-state index is -0.136. The molecule has 5 nitrogen and oxygen atoms in total. The summed E-state index contributed by atoms with van der Waals surface area (Å²) in [5.74, 6) is 1.47. The summed E-state index contributed by atoms with van der Waals surface area (Å²) in [5, 5.41) is 3.15. The van der Waals surface area contributed by atoms with E-state index in [-0.39, 0.29) is 11.5 Å². The van der Waals surface area contributed by atoms with E-state index < -0.39 is 0 Å². The van der Waals surface area contributed by atoms with Crippen molar-refractivity contribution in [3.63, 3.8) is 0 Å². The van der Waals surface area contributed by atoms with Crippen LogP contribution in [0.25, 0.3) is 0 Å². The Morgan fingerprint density at radius 1 is 1.37 bits per heavy atom. The van der Waals surface area contributed by atoms with Gasteiger partial charge >= 0.3 is 0 Å². The van der Waals surface area contributed by atoms with Crippen molar-refractivity contribution in [3.8, 4) is 0 Å². The molecular formula is C14H18N4O. The van der Waals surface area contributed by atoms with Crippen LogP contribution in [0, 0.1) is 6.92 Å². The number of hydrogen-bond acceptors (Lipinski definition) is 4.